The van der Waals surface area contributed by atoms with Crippen LogP contribution in [0, 0.1) is 5.92 Å². The number of carbonyl (C=O) groups excluding carboxylic acids is 2. The van der Waals surface area contributed by atoms with E-state index in [1.54, 1.807) is 0 Å². The van der Waals surface area contributed by atoms with Gasteiger partial charge in [0.25, 0.3) is 0 Å². The summed E-state index contributed by atoms with van der Waals surface area (Å²) in [5.74, 6) is -1.83. The quantitative estimate of drug-likeness (QED) is 0.454. The van der Waals surface area contributed by atoms with Gasteiger partial charge in [-0.05, 0) is 6.07 Å². The highest BCUT2D eigenvalue weighted by Crippen LogP contribution is 2.34. The fourth-order valence-corrected chi connectivity index (χ4v) is 3.93. The number of halogens is 2. The Hall–Kier alpha value is -1.38. The molecule has 2 rings (SSSR count). The summed E-state index contributed by atoms with van der Waals surface area (Å²) in [6.07, 6.45) is 1.32. The minimum atomic E-state index is -3.72. The van der Waals surface area contributed by atoms with Crippen molar-refractivity contribution < 1.29 is 22.7 Å². The van der Waals surface area contributed by atoms with Crippen LogP contribution in [0.4, 0.5) is 5.69 Å². The first-order valence-corrected chi connectivity index (χ1v) is 9.04. The fraction of sp³-hybridized carbons (Fsp3) is 0.417. The zero-order valence-corrected chi connectivity index (χ0v) is 13.8. The minimum absolute atomic E-state index is 0.00220. The predicted molar refractivity (Wildman–Crippen MR) is 80.7 cm³/mol. The summed E-state index contributed by atoms with van der Waals surface area (Å²) in [7, 11) is 2.70. The van der Waals surface area contributed by atoms with E-state index in [0.29, 0.717) is 0 Å². The molecule has 22 heavy (non-hydrogen) atoms. The number of hydrogen-bond acceptors (Lipinski definition) is 6. The predicted octanol–water partition coefficient (Wildman–Crippen LogP) is 1.44. The molecule has 0 spiro atoms. The lowest BCUT2D eigenvalue weighted by molar-refractivity contribution is -0.117. The molecular formula is C12H12Cl2N2O5S. The highest BCUT2D eigenvalue weighted by Gasteiger charge is 2.36. The molecule has 0 N–H and O–H groups in total. The molecule has 1 aliphatic heterocycles. The van der Waals surface area contributed by atoms with E-state index in [1.165, 1.54) is 24.3 Å². The maximum absolute atomic E-state index is 12.1. The van der Waals surface area contributed by atoms with Crippen LogP contribution in [0.2, 0.25) is 5.15 Å². The largest absolute Gasteiger partial charge is 0.465 e. The zero-order chi connectivity index (χ0) is 16.5. The van der Waals surface area contributed by atoms with Crippen molar-refractivity contribution in [3.05, 3.63) is 23.0 Å². The van der Waals surface area contributed by atoms with Crippen molar-refractivity contribution in [2.24, 2.45) is 5.92 Å². The molecule has 0 aromatic carbocycles. The molecule has 0 bridgehead atoms. The SMILES string of the molecule is COC(=O)c1ccnc(Cl)c1N1CC(CS(=O)(=O)Cl)CC1=O. The first kappa shape index (κ1) is 17.0. The maximum atomic E-state index is 12.1. The van der Waals surface area contributed by atoms with Crippen LogP contribution in [0.1, 0.15) is 16.8 Å². The molecule has 1 atom stereocenters. The number of methoxy groups -OCH3 is 1. The van der Waals surface area contributed by atoms with Crippen molar-refractivity contribution in [1.29, 1.82) is 0 Å². The molecule has 2 heterocycles. The Bertz CT molecular complexity index is 722. The summed E-state index contributed by atoms with van der Waals surface area (Å²) in [5.41, 5.74) is 0.209. The average Bonchev–Trinajstić information content (AvgIpc) is 2.75. The van der Waals surface area contributed by atoms with Crippen molar-refractivity contribution in [1.82, 2.24) is 4.98 Å². The van der Waals surface area contributed by atoms with E-state index >= 15 is 0 Å². The molecule has 120 valence electrons. The number of rotatable bonds is 4. The number of hydrogen-bond donors (Lipinski definition) is 0. The van der Waals surface area contributed by atoms with Gasteiger partial charge >= 0.3 is 5.97 Å². The molecule has 1 fully saturated rings. The van der Waals surface area contributed by atoms with Gasteiger partial charge in [0.2, 0.25) is 15.0 Å². The summed E-state index contributed by atoms with van der Waals surface area (Å²) in [6.45, 7) is 0.0835. The summed E-state index contributed by atoms with van der Waals surface area (Å²) in [5, 5.41) is -0.0365. The smallest absolute Gasteiger partial charge is 0.340 e. The molecule has 7 nitrogen and oxygen atoms in total. The minimum Gasteiger partial charge on any atom is -0.465 e. The van der Waals surface area contributed by atoms with Crippen molar-refractivity contribution >= 4 is 48.9 Å². The molecule has 0 saturated carbocycles. The monoisotopic (exact) mass is 366 g/mol. The number of pyridine rings is 1. The molecule has 1 aliphatic rings. The Morgan fingerprint density at radius 3 is 2.82 bits per heavy atom. The van der Waals surface area contributed by atoms with Gasteiger partial charge in [-0.3, -0.25) is 4.79 Å². The van der Waals surface area contributed by atoms with Crippen LogP contribution in [-0.2, 0) is 18.6 Å². The van der Waals surface area contributed by atoms with Gasteiger partial charge in [0.15, 0.2) is 5.15 Å². The van der Waals surface area contributed by atoms with E-state index in [1.807, 2.05) is 0 Å². The summed E-state index contributed by atoms with van der Waals surface area (Å²) in [6, 6.07) is 1.38. The second-order valence-corrected chi connectivity index (χ2v) is 7.95. The van der Waals surface area contributed by atoms with Gasteiger partial charge in [-0.25, -0.2) is 18.2 Å². The second-order valence-electron chi connectivity index (χ2n) is 4.77. The first-order chi connectivity index (χ1) is 10.2. The lowest BCUT2D eigenvalue weighted by Gasteiger charge is -2.20. The van der Waals surface area contributed by atoms with E-state index in [0.717, 1.165) is 0 Å². The van der Waals surface area contributed by atoms with Gasteiger partial charge in [-0.2, -0.15) is 0 Å². The highest BCUT2D eigenvalue weighted by atomic mass is 35.7. The van der Waals surface area contributed by atoms with Gasteiger partial charge < -0.3 is 9.64 Å². The van der Waals surface area contributed by atoms with Gasteiger partial charge in [0, 0.05) is 35.8 Å². The molecule has 1 aromatic heterocycles. The van der Waals surface area contributed by atoms with Crippen molar-refractivity contribution in [2.75, 3.05) is 24.3 Å². The molecule has 0 aliphatic carbocycles. The molecule has 1 unspecified atom stereocenters. The van der Waals surface area contributed by atoms with Gasteiger partial charge in [0.05, 0.1) is 24.1 Å². The highest BCUT2D eigenvalue weighted by molar-refractivity contribution is 8.13. The van der Waals surface area contributed by atoms with Crippen LogP contribution < -0.4 is 4.90 Å². The lowest BCUT2D eigenvalue weighted by Crippen LogP contribution is -2.28. The number of aromatic nitrogens is 1. The Morgan fingerprint density at radius 1 is 1.55 bits per heavy atom. The van der Waals surface area contributed by atoms with Crippen LogP contribution in [0.15, 0.2) is 12.3 Å². The Kier molecular flexibility index (Phi) is 4.93. The number of ether oxygens (including phenoxy) is 1. The van der Waals surface area contributed by atoms with Crippen LogP contribution in [0.3, 0.4) is 0 Å². The van der Waals surface area contributed by atoms with Crippen LogP contribution in [0.25, 0.3) is 0 Å². The van der Waals surface area contributed by atoms with Crippen LogP contribution in [-0.4, -0.2) is 44.7 Å². The van der Waals surface area contributed by atoms with Crippen molar-refractivity contribution in [3.8, 4) is 0 Å². The summed E-state index contributed by atoms with van der Waals surface area (Å²) >= 11 is 6.00. The molecule has 0 radical (unpaired) electrons. The lowest BCUT2D eigenvalue weighted by atomic mass is 10.1. The van der Waals surface area contributed by atoms with E-state index in [2.05, 4.69) is 9.72 Å². The van der Waals surface area contributed by atoms with E-state index < -0.39 is 20.9 Å². The molecule has 10 heteroatoms. The van der Waals surface area contributed by atoms with Gasteiger partial charge in [0.1, 0.15) is 0 Å². The summed E-state index contributed by atoms with van der Waals surface area (Å²) in [4.78, 5) is 29.0. The summed E-state index contributed by atoms with van der Waals surface area (Å²) < 4.78 is 27.0. The van der Waals surface area contributed by atoms with E-state index in [4.69, 9.17) is 22.3 Å². The zero-order valence-electron chi connectivity index (χ0n) is 11.5. The molecule has 1 aromatic rings. The van der Waals surface area contributed by atoms with Crippen molar-refractivity contribution in [2.45, 2.75) is 6.42 Å². The Labute approximate surface area is 136 Å². The van der Waals surface area contributed by atoms with Crippen molar-refractivity contribution in [3.63, 3.8) is 0 Å². The topological polar surface area (TPSA) is 93.6 Å². The van der Waals surface area contributed by atoms with E-state index in [9.17, 15) is 18.0 Å². The molecule has 1 saturated heterocycles. The number of esters is 1. The van der Waals surface area contributed by atoms with Crippen LogP contribution >= 0.6 is 22.3 Å². The third-order valence-corrected chi connectivity index (χ3v) is 4.72. The standard InChI is InChI=1S/C12H12Cl2N2O5S/c1-21-12(18)8-2-3-15-11(13)10(8)16-5-7(4-9(16)17)6-22(14,19)20/h2-3,7H,4-6H2,1H3. The van der Waals surface area contributed by atoms with E-state index in [-0.39, 0.29) is 41.0 Å². The average molecular weight is 367 g/mol. The first-order valence-electron chi connectivity index (χ1n) is 6.18. The number of nitrogens with zero attached hydrogens (tertiary/aromatic N) is 2. The van der Waals surface area contributed by atoms with Crippen LogP contribution in [0.5, 0.6) is 0 Å². The molecular weight excluding hydrogens is 355 g/mol. The maximum Gasteiger partial charge on any atom is 0.340 e. The third-order valence-electron chi connectivity index (χ3n) is 3.19. The normalized spacial score (nSPS) is 18.6. The molecule has 1 amide bonds. The number of amides is 1. The third kappa shape index (κ3) is 3.68. The van der Waals surface area contributed by atoms with Gasteiger partial charge in [-0.15, -0.1) is 0 Å². The number of anilines is 1. The number of carbonyl (C=O) groups is 2. The second kappa shape index (κ2) is 6.39. The van der Waals surface area contributed by atoms with Gasteiger partial charge in [-0.1, -0.05) is 11.6 Å². The Balaban J connectivity index is 2.36. The fourth-order valence-electron chi connectivity index (χ4n) is 2.35. The Morgan fingerprint density at radius 2 is 2.23 bits per heavy atom.